The summed E-state index contributed by atoms with van der Waals surface area (Å²) in [6.07, 6.45) is 13.2. The molecule has 6 heteroatoms. The summed E-state index contributed by atoms with van der Waals surface area (Å²) in [6.45, 7) is 6.23. The summed E-state index contributed by atoms with van der Waals surface area (Å²) in [5, 5.41) is 15.2. The van der Waals surface area contributed by atoms with Crippen LogP contribution < -0.4 is 0 Å². The highest BCUT2D eigenvalue weighted by Crippen LogP contribution is 2.65. The summed E-state index contributed by atoms with van der Waals surface area (Å²) >= 11 is 0. The molecular formula is C27H43N3O3. The maximum Gasteiger partial charge on any atom is 0.197 e. The number of hydrogen-bond donors (Lipinski definition) is 1. The zero-order chi connectivity index (χ0) is 23.2. The van der Waals surface area contributed by atoms with Crippen LogP contribution >= 0.6 is 0 Å². The van der Waals surface area contributed by atoms with Crippen molar-refractivity contribution in [2.45, 2.75) is 90.7 Å². The SMILES string of the molecule is CN(C)Cc1cnc(CCON=C2CC[C@@]3(C)C(CCC4C3CC[C@@]3(C)C4CC[C@@H]3O)C2)o1. The molecule has 1 aromatic rings. The smallest absolute Gasteiger partial charge is 0.197 e. The quantitative estimate of drug-likeness (QED) is 0.478. The normalized spacial score (nSPS) is 41.6. The van der Waals surface area contributed by atoms with Gasteiger partial charge >= 0.3 is 0 Å². The van der Waals surface area contributed by atoms with Gasteiger partial charge in [0.2, 0.25) is 0 Å². The summed E-state index contributed by atoms with van der Waals surface area (Å²) in [5.74, 6) is 4.71. The average molecular weight is 458 g/mol. The van der Waals surface area contributed by atoms with E-state index in [-0.39, 0.29) is 11.5 Å². The second-order valence-electron chi connectivity index (χ2n) is 12.2. The van der Waals surface area contributed by atoms with Gasteiger partial charge in [-0.1, -0.05) is 19.0 Å². The van der Waals surface area contributed by atoms with Gasteiger partial charge in [-0.25, -0.2) is 4.98 Å². The number of oxime groups is 1. The Labute approximate surface area is 199 Å². The van der Waals surface area contributed by atoms with E-state index in [1.165, 1.54) is 44.2 Å². The zero-order valence-corrected chi connectivity index (χ0v) is 21.1. The van der Waals surface area contributed by atoms with Crippen molar-refractivity contribution in [1.29, 1.82) is 0 Å². The van der Waals surface area contributed by atoms with Gasteiger partial charge in [0.1, 0.15) is 12.4 Å². The lowest BCUT2D eigenvalue weighted by atomic mass is 9.45. The van der Waals surface area contributed by atoms with E-state index in [1.807, 2.05) is 14.1 Å². The van der Waals surface area contributed by atoms with Gasteiger partial charge in [0.05, 0.1) is 31.0 Å². The van der Waals surface area contributed by atoms with Crippen LogP contribution in [0, 0.1) is 34.5 Å². The molecule has 5 rings (SSSR count). The highest BCUT2D eigenvalue weighted by Gasteiger charge is 2.59. The molecule has 0 bridgehead atoms. The van der Waals surface area contributed by atoms with Gasteiger partial charge in [0.25, 0.3) is 0 Å². The van der Waals surface area contributed by atoms with E-state index in [0.717, 1.165) is 61.1 Å². The number of fused-ring (bicyclic) bond motifs is 5. The number of nitrogens with zero attached hydrogens (tertiary/aromatic N) is 3. The Morgan fingerprint density at radius 3 is 2.76 bits per heavy atom. The number of oxazole rings is 1. The molecule has 4 fully saturated rings. The number of aromatic nitrogens is 1. The lowest BCUT2D eigenvalue weighted by molar-refractivity contribution is -0.112. The molecule has 1 aromatic heterocycles. The van der Waals surface area contributed by atoms with E-state index in [9.17, 15) is 5.11 Å². The number of rotatable bonds is 6. The monoisotopic (exact) mass is 457 g/mol. The lowest BCUT2D eigenvalue weighted by Gasteiger charge is -2.60. The van der Waals surface area contributed by atoms with Crippen molar-refractivity contribution >= 4 is 5.71 Å². The van der Waals surface area contributed by atoms with Crippen LogP contribution in [0.3, 0.4) is 0 Å². The van der Waals surface area contributed by atoms with Crippen molar-refractivity contribution in [3.63, 3.8) is 0 Å². The largest absolute Gasteiger partial charge is 0.444 e. The molecule has 1 N–H and O–H groups in total. The zero-order valence-electron chi connectivity index (χ0n) is 21.1. The predicted octanol–water partition coefficient (Wildman–Crippen LogP) is 5.05. The van der Waals surface area contributed by atoms with Crippen LogP contribution in [-0.4, -0.2) is 47.5 Å². The molecule has 0 spiro atoms. The minimum atomic E-state index is -0.0767. The molecule has 4 saturated carbocycles. The topological polar surface area (TPSA) is 71.1 Å². The molecule has 7 atom stereocenters. The van der Waals surface area contributed by atoms with Crippen molar-refractivity contribution in [1.82, 2.24) is 9.88 Å². The Kier molecular flexibility index (Phi) is 6.36. The van der Waals surface area contributed by atoms with Gasteiger partial charge in [-0.3, -0.25) is 0 Å². The molecule has 184 valence electrons. The van der Waals surface area contributed by atoms with Gasteiger partial charge in [0.15, 0.2) is 5.89 Å². The van der Waals surface area contributed by atoms with Gasteiger partial charge in [-0.05, 0) is 106 Å². The third-order valence-corrected chi connectivity index (χ3v) is 10.1. The third-order valence-electron chi connectivity index (χ3n) is 10.1. The Hall–Kier alpha value is -1.40. The summed E-state index contributed by atoms with van der Waals surface area (Å²) in [4.78, 5) is 12.1. The van der Waals surface area contributed by atoms with Gasteiger partial charge in [-0.2, -0.15) is 0 Å². The van der Waals surface area contributed by atoms with Gasteiger partial charge in [0, 0.05) is 0 Å². The number of aliphatic hydroxyl groups is 1. The molecule has 0 radical (unpaired) electrons. The Morgan fingerprint density at radius 2 is 1.94 bits per heavy atom. The average Bonchev–Trinajstić information content (AvgIpc) is 3.34. The van der Waals surface area contributed by atoms with Crippen LogP contribution in [0.1, 0.15) is 83.3 Å². The third kappa shape index (κ3) is 4.27. The van der Waals surface area contributed by atoms with E-state index in [4.69, 9.17) is 9.25 Å². The van der Waals surface area contributed by atoms with Crippen LogP contribution in [-0.2, 0) is 17.8 Å². The van der Waals surface area contributed by atoms with E-state index < -0.39 is 0 Å². The molecule has 4 aliphatic carbocycles. The number of aliphatic hydroxyl groups excluding tert-OH is 1. The Balaban J connectivity index is 1.15. The Bertz CT molecular complexity index is 867. The fourth-order valence-electron chi connectivity index (χ4n) is 8.23. The summed E-state index contributed by atoms with van der Waals surface area (Å²) in [7, 11) is 4.04. The maximum atomic E-state index is 10.7. The standard InChI is InChI=1S/C27H43N3O3/c1-26-12-9-19(29-32-14-11-25-28-16-20(33-25)17-30(3)4)15-18(26)5-6-21-22-7-8-24(31)27(22,2)13-10-23(21)26/h16,18,21-24,31H,5-15,17H2,1-4H3/t18?,21?,22?,23?,24-,26-,27-/m0/s1. The van der Waals surface area contributed by atoms with Crippen LogP contribution in [0.25, 0.3) is 0 Å². The minimum absolute atomic E-state index is 0.0767. The molecule has 1 heterocycles. The molecule has 0 aliphatic heterocycles. The van der Waals surface area contributed by atoms with E-state index in [1.54, 1.807) is 6.20 Å². The molecule has 6 nitrogen and oxygen atoms in total. The molecule has 0 saturated heterocycles. The minimum Gasteiger partial charge on any atom is -0.444 e. The van der Waals surface area contributed by atoms with E-state index >= 15 is 0 Å². The first-order valence-electron chi connectivity index (χ1n) is 13.2. The fourth-order valence-corrected chi connectivity index (χ4v) is 8.23. The van der Waals surface area contributed by atoms with E-state index in [0.29, 0.717) is 18.4 Å². The van der Waals surface area contributed by atoms with Crippen molar-refractivity contribution in [2.24, 2.45) is 39.7 Å². The van der Waals surface area contributed by atoms with E-state index in [2.05, 4.69) is 28.9 Å². The van der Waals surface area contributed by atoms with Crippen LogP contribution in [0.2, 0.25) is 0 Å². The van der Waals surface area contributed by atoms with Gasteiger partial charge in [-0.15, -0.1) is 0 Å². The summed E-state index contributed by atoms with van der Waals surface area (Å²) in [5.41, 5.74) is 1.85. The maximum absolute atomic E-state index is 10.7. The van der Waals surface area contributed by atoms with Crippen molar-refractivity contribution in [3.8, 4) is 0 Å². The predicted molar refractivity (Wildman–Crippen MR) is 129 cm³/mol. The molecule has 4 aliphatic rings. The molecule has 0 aromatic carbocycles. The molecule has 0 amide bonds. The lowest BCUT2D eigenvalue weighted by Crippen LogP contribution is -2.54. The second-order valence-corrected chi connectivity index (χ2v) is 12.2. The summed E-state index contributed by atoms with van der Waals surface area (Å²) in [6, 6.07) is 0. The molecule has 4 unspecified atom stereocenters. The van der Waals surface area contributed by atoms with Crippen molar-refractivity contribution in [3.05, 3.63) is 17.8 Å². The second kappa shape index (κ2) is 8.99. The van der Waals surface area contributed by atoms with Crippen molar-refractivity contribution < 1.29 is 14.4 Å². The fraction of sp³-hybridized carbons (Fsp3) is 0.852. The van der Waals surface area contributed by atoms with Crippen LogP contribution in [0.5, 0.6) is 0 Å². The summed E-state index contributed by atoms with van der Waals surface area (Å²) < 4.78 is 5.77. The van der Waals surface area contributed by atoms with Crippen molar-refractivity contribution in [2.75, 3.05) is 20.7 Å². The van der Waals surface area contributed by atoms with Crippen LogP contribution in [0.15, 0.2) is 15.8 Å². The first kappa shape index (κ1) is 23.3. The van der Waals surface area contributed by atoms with Gasteiger partial charge < -0.3 is 19.3 Å². The highest BCUT2D eigenvalue weighted by atomic mass is 16.6. The number of hydrogen-bond acceptors (Lipinski definition) is 6. The highest BCUT2D eigenvalue weighted by molar-refractivity contribution is 5.85. The molecular weight excluding hydrogens is 414 g/mol. The first-order valence-corrected chi connectivity index (χ1v) is 13.2. The Morgan fingerprint density at radius 1 is 1.12 bits per heavy atom. The van der Waals surface area contributed by atoms with Crippen LogP contribution in [0.4, 0.5) is 0 Å². The molecule has 33 heavy (non-hydrogen) atoms. The first-order chi connectivity index (χ1) is 15.8.